The molecule has 3 fully saturated rings. The fourth-order valence-electron chi connectivity index (χ4n) is 4.82. The lowest BCUT2D eigenvalue weighted by molar-refractivity contribution is 0.0413. The number of likely N-dealkylation sites (tertiary alicyclic amines) is 1. The van der Waals surface area contributed by atoms with Gasteiger partial charge in [0.15, 0.2) is 0 Å². The molecule has 1 aliphatic heterocycles. The Kier molecular flexibility index (Phi) is 3.95. The lowest BCUT2D eigenvalue weighted by atomic mass is 9.73. The molecule has 2 aliphatic carbocycles. The van der Waals surface area contributed by atoms with Crippen LogP contribution in [0, 0.1) is 30.1 Å². The molecule has 23 heavy (non-hydrogen) atoms. The molecule has 1 aromatic heterocycles. The first kappa shape index (κ1) is 15.2. The van der Waals surface area contributed by atoms with Gasteiger partial charge in [0.2, 0.25) is 0 Å². The number of hydrogen-bond acceptors (Lipinski definition) is 3. The van der Waals surface area contributed by atoms with Crippen LogP contribution in [0.2, 0.25) is 0 Å². The average molecular weight is 312 g/mol. The minimum Gasteiger partial charge on any atom is -0.340 e. The van der Waals surface area contributed by atoms with Crippen molar-refractivity contribution < 1.29 is 0 Å². The zero-order valence-electron chi connectivity index (χ0n) is 14.4. The van der Waals surface area contributed by atoms with Crippen LogP contribution in [-0.4, -0.2) is 34.6 Å². The van der Waals surface area contributed by atoms with Gasteiger partial charge in [0.25, 0.3) is 0 Å². The third kappa shape index (κ3) is 2.81. The molecule has 3 aliphatic rings. The Morgan fingerprint density at radius 2 is 1.91 bits per heavy atom. The smallest absolute Gasteiger partial charge is 0.120 e. The summed E-state index contributed by atoms with van der Waals surface area (Å²) in [6, 6.07) is 5.92. The van der Waals surface area contributed by atoms with Crippen molar-refractivity contribution in [3.8, 4) is 6.07 Å². The molecular weight excluding hydrogens is 284 g/mol. The van der Waals surface area contributed by atoms with Gasteiger partial charge in [-0.25, -0.2) is 0 Å². The molecule has 2 saturated carbocycles. The molecule has 4 nitrogen and oxygen atoms in total. The summed E-state index contributed by atoms with van der Waals surface area (Å²) in [4.78, 5) is 2.77. The van der Waals surface area contributed by atoms with Crippen molar-refractivity contribution in [3.63, 3.8) is 0 Å². The van der Waals surface area contributed by atoms with Crippen molar-refractivity contribution in [2.24, 2.45) is 18.9 Å². The Balaban J connectivity index is 1.43. The maximum Gasteiger partial charge on any atom is 0.120 e. The number of fused-ring (bicyclic) bond motifs is 2. The number of piperidine rings is 1. The largest absolute Gasteiger partial charge is 0.340 e. The van der Waals surface area contributed by atoms with E-state index in [0.717, 1.165) is 30.1 Å². The molecule has 124 valence electrons. The van der Waals surface area contributed by atoms with Crippen molar-refractivity contribution in [2.45, 2.75) is 57.7 Å². The average Bonchev–Trinajstić information content (AvgIpc) is 3.34. The van der Waals surface area contributed by atoms with Gasteiger partial charge in [0.1, 0.15) is 11.8 Å². The maximum atomic E-state index is 9.19. The fourth-order valence-corrected chi connectivity index (χ4v) is 4.82. The van der Waals surface area contributed by atoms with Gasteiger partial charge in [-0.1, -0.05) is 6.42 Å². The van der Waals surface area contributed by atoms with Crippen LogP contribution in [0.25, 0.3) is 0 Å². The summed E-state index contributed by atoms with van der Waals surface area (Å²) in [5.41, 5.74) is 3.27. The zero-order chi connectivity index (χ0) is 16.0. The summed E-state index contributed by atoms with van der Waals surface area (Å²) < 4.78 is 2.01. The second-order valence-electron chi connectivity index (χ2n) is 7.85. The summed E-state index contributed by atoms with van der Waals surface area (Å²) in [5, 5.41) is 13.1. The summed E-state index contributed by atoms with van der Waals surface area (Å²) in [7, 11) is 1.99. The first-order valence-corrected chi connectivity index (χ1v) is 9.20. The van der Waals surface area contributed by atoms with Crippen molar-refractivity contribution in [1.29, 1.82) is 5.26 Å². The quantitative estimate of drug-likeness (QED) is 0.929. The van der Waals surface area contributed by atoms with E-state index in [1.807, 2.05) is 11.6 Å². The summed E-state index contributed by atoms with van der Waals surface area (Å²) in [5.74, 6) is 1.64. The van der Waals surface area contributed by atoms with Gasteiger partial charge in [0, 0.05) is 44.5 Å². The third-order valence-corrected chi connectivity index (χ3v) is 6.45. The van der Waals surface area contributed by atoms with Gasteiger partial charge in [-0.3, -0.25) is 4.90 Å². The monoisotopic (exact) mass is 312 g/mol. The lowest BCUT2D eigenvalue weighted by Crippen LogP contribution is -2.57. The van der Waals surface area contributed by atoms with Crippen LogP contribution in [0.15, 0.2) is 6.07 Å². The molecule has 0 amide bonds. The third-order valence-electron chi connectivity index (χ3n) is 6.45. The van der Waals surface area contributed by atoms with E-state index in [4.69, 9.17) is 0 Å². The van der Waals surface area contributed by atoms with Crippen molar-refractivity contribution >= 4 is 0 Å². The van der Waals surface area contributed by atoms with Gasteiger partial charge in [-0.2, -0.15) is 5.26 Å². The number of rotatable bonds is 4. The molecule has 1 saturated heterocycles. The Hall–Kier alpha value is -1.31. The Morgan fingerprint density at radius 1 is 1.22 bits per heavy atom. The molecule has 0 spiro atoms. The molecule has 4 rings (SSSR count). The van der Waals surface area contributed by atoms with E-state index >= 15 is 0 Å². The second kappa shape index (κ2) is 5.96. The van der Waals surface area contributed by atoms with Crippen LogP contribution in [0.3, 0.4) is 0 Å². The van der Waals surface area contributed by atoms with E-state index in [2.05, 4.69) is 29.3 Å². The molecule has 2 unspecified atom stereocenters. The molecule has 2 atom stereocenters. The van der Waals surface area contributed by atoms with Crippen LogP contribution in [-0.2, 0) is 13.6 Å². The van der Waals surface area contributed by atoms with Crippen LogP contribution >= 0.6 is 0 Å². The summed E-state index contributed by atoms with van der Waals surface area (Å²) in [6.45, 7) is 5.63. The standard InChI is InChI=1S/C19H28N4/c1-13-16(8-18(9-20)22(13)2)10-21-19-14-4-3-5-15(19)12-23(11-14)17-6-7-17/h8,14-15,17,19,21H,3-7,10-12H2,1-2H3. The number of aromatic nitrogens is 1. The highest BCUT2D eigenvalue weighted by Crippen LogP contribution is 2.39. The molecule has 2 bridgehead atoms. The molecule has 0 radical (unpaired) electrons. The number of nitrogens with zero attached hydrogens (tertiary/aromatic N) is 3. The van der Waals surface area contributed by atoms with E-state index in [1.54, 1.807) is 0 Å². The first-order valence-electron chi connectivity index (χ1n) is 9.20. The van der Waals surface area contributed by atoms with Crippen LogP contribution in [0.4, 0.5) is 0 Å². The molecule has 4 heteroatoms. The molecule has 1 N–H and O–H groups in total. The van der Waals surface area contributed by atoms with Gasteiger partial charge >= 0.3 is 0 Å². The van der Waals surface area contributed by atoms with Crippen molar-refractivity contribution in [2.75, 3.05) is 13.1 Å². The predicted molar refractivity (Wildman–Crippen MR) is 90.9 cm³/mol. The van der Waals surface area contributed by atoms with Gasteiger partial charge in [0.05, 0.1) is 0 Å². The zero-order valence-corrected chi connectivity index (χ0v) is 14.4. The molecule has 0 aromatic carbocycles. The van der Waals surface area contributed by atoms with Crippen LogP contribution in [0.5, 0.6) is 0 Å². The van der Waals surface area contributed by atoms with E-state index in [-0.39, 0.29) is 0 Å². The highest BCUT2D eigenvalue weighted by Gasteiger charge is 2.43. The summed E-state index contributed by atoms with van der Waals surface area (Å²) >= 11 is 0. The van der Waals surface area contributed by atoms with Crippen molar-refractivity contribution in [3.05, 3.63) is 23.0 Å². The Labute approximate surface area is 139 Å². The highest BCUT2D eigenvalue weighted by molar-refractivity contribution is 5.34. The topological polar surface area (TPSA) is 44.0 Å². The SMILES string of the molecule is Cc1c(CNC2C3CCCC2CN(C2CC2)C3)cc(C#N)n1C. The van der Waals surface area contributed by atoms with E-state index in [9.17, 15) is 5.26 Å². The van der Waals surface area contributed by atoms with Gasteiger partial charge in [-0.15, -0.1) is 0 Å². The van der Waals surface area contributed by atoms with E-state index in [1.165, 1.54) is 56.5 Å². The molecule has 2 heterocycles. The van der Waals surface area contributed by atoms with Crippen molar-refractivity contribution in [1.82, 2.24) is 14.8 Å². The van der Waals surface area contributed by atoms with Gasteiger partial charge in [-0.05, 0) is 56.1 Å². The Bertz CT molecular complexity index is 608. The van der Waals surface area contributed by atoms with Crippen LogP contribution in [0.1, 0.15) is 49.1 Å². The highest BCUT2D eigenvalue weighted by atomic mass is 15.2. The Morgan fingerprint density at radius 3 is 2.48 bits per heavy atom. The first-order chi connectivity index (χ1) is 11.2. The normalized spacial score (nSPS) is 31.1. The molecular formula is C19H28N4. The predicted octanol–water partition coefficient (Wildman–Crippen LogP) is 2.56. The molecule has 1 aromatic rings. The summed E-state index contributed by atoms with van der Waals surface area (Å²) in [6.07, 6.45) is 7.04. The number of hydrogen-bond donors (Lipinski definition) is 1. The minimum atomic E-state index is 0.670. The lowest BCUT2D eigenvalue weighted by Gasteiger charge is -2.48. The van der Waals surface area contributed by atoms with Crippen LogP contribution < -0.4 is 5.32 Å². The number of nitrogens with one attached hydrogen (secondary N) is 1. The minimum absolute atomic E-state index is 0.670. The van der Waals surface area contributed by atoms with E-state index < -0.39 is 0 Å². The van der Waals surface area contributed by atoms with Gasteiger partial charge < -0.3 is 9.88 Å². The van der Waals surface area contributed by atoms with E-state index in [0.29, 0.717) is 6.04 Å². The maximum absolute atomic E-state index is 9.19. The fraction of sp³-hybridized carbons (Fsp3) is 0.737. The number of nitriles is 1. The second-order valence-corrected chi connectivity index (χ2v) is 7.85.